The van der Waals surface area contributed by atoms with Crippen LogP contribution in [0.2, 0.25) is 0 Å². The Morgan fingerprint density at radius 3 is 1.95 bits per heavy atom. The van der Waals surface area contributed by atoms with E-state index >= 15 is 0 Å². The fourth-order valence-electron chi connectivity index (χ4n) is 1.51. The molecule has 0 aliphatic rings. The van der Waals surface area contributed by atoms with Gasteiger partial charge in [-0.2, -0.15) is 0 Å². The number of rotatable bonds is 10. The second-order valence-electron chi connectivity index (χ2n) is 4.60. The molecule has 0 saturated heterocycles. The molecule has 0 spiro atoms. The fraction of sp³-hybridized carbons (Fsp3) is 0.769. The van der Waals surface area contributed by atoms with Crippen molar-refractivity contribution in [3.8, 4) is 0 Å². The molecule has 0 fully saturated rings. The molecule has 20 heavy (non-hydrogen) atoms. The van der Waals surface area contributed by atoms with Gasteiger partial charge >= 0.3 is 17.9 Å². The number of aliphatic carboxylic acids is 1. The van der Waals surface area contributed by atoms with Gasteiger partial charge in [0.1, 0.15) is 0 Å². The predicted molar refractivity (Wildman–Crippen MR) is 76.3 cm³/mol. The third-order valence-electron chi connectivity index (χ3n) is 2.50. The van der Waals surface area contributed by atoms with Crippen molar-refractivity contribution in [2.24, 2.45) is 0 Å². The number of carbonyl (C=O) groups is 3. The lowest BCUT2D eigenvalue weighted by Crippen LogP contribution is -2.13. The molecule has 0 rings (SSSR count). The van der Waals surface area contributed by atoms with Crippen LogP contribution in [-0.4, -0.2) is 54.7 Å². The van der Waals surface area contributed by atoms with Gasteiger partial charge in [-0.15, -0.1) is 7.92 Å². The van der Waals surface area contributed by atoms with Crippen molar-refractivity contribution in [2.45, 2.75) is 39.2 Å². The molecule has 0 saturated carbocycles. The van der Waals surface area contributed by atoms with Gasteiger partial charge in [0.05, 0.1) is 13.2 Å². The van der Waals surface area contributed by atoms with Crippen LogP contribution in [0.4, 0.5) is 0 Å². The van der Waals surface area contributed by atoms with Crippen molar-refractivity contribution in [1.82, 2.24) is 0 Å². The van der Waals surface area contributed by atoms with Crippen LogP contribution in [0.25, 0.3) is 0 Å². The summed E-state index contributed by atoms with van der Waals surface area (Å²) in [5, 5.41) is 8.71. The molecule has 7 heteroatoms. The Bertz CT molecular complexity index is 329. The summed E-state index contributed by atoms with van der Waals surface area (Å²) >= 11 is 0. The van der Waals surface area contributed by atoms with Crippen molar-refractivity contribution in [3.05, 3.63) is 0 Å². The molecular formula is C13H23O6P. The first-order chi connectivity index (χ1) is 9.35. The molecule has 0 radical (unpaired) electrons. The predicted octanol–water partition coefficient (Wildman–Crippen LogP) is 1.85. The molecule has 0 aromatic carbocycles. The molecule has 1 unspecified atom stereocenters. The molecule has 0 aromatic heterocycles. The van der Waals surface area contributed by atoms with Gasteiger partial charge in [0.15, 0.2) is 0 Å². The highest BCUT2D eigenvalue weighted by Gasteiger charge is 2.15. The van der Waals surface area contributed by atoms with Gasteiger partial charge in [-0.3, -0.25) is 14.4 Å². The van der Waals surface area contributed by atoms with E-state index in [0.29, 0.717) is 18.5 Å². The smallest absolute Gasteiger partial charge is 0.306 e. The zero-order valence-electron chi connectivity index (χ0n) is 12.3. The van der Waals surface area contributed by atoms with E-state index in [-0.39, 0.29) is 37.3 Å². The highest BCUT2D eigenvalue weighted by Crippen LogP contribution is 2.37. The Morgan fingerprint density at radius 1 is 1.00 bits per heavy atom. The van der Waals surface area contributed by atoms with E-state index in [1.165, 1.54) is 7.11 Å². The number of hydrogen-bond donors (Lipinski definition) is 1. The summed E-state index contributed by atoms with van der Waals surface area (Å²) in [6, 6.07) is 0. The van der Waals surface area contributed by atoms with Crippen molar-refractivity contribution in [1.29, 1.82) is 0 Å². The Labute approximate surface area is 120 Å². The summed E-state index contributed by atoms with van der Waals surface area (Å²) in [5.41, 5.74) is 0. The van der Waals surface area contributed by atoms with Gasteiger partial charge in [0, 0.05) is 19.3 Å². The van der Waals surface area contributed by atoms with Crippen LogP contribution in [0.1, 0.15) is 33.1 Å². The van der Waals surface area contributed by atoms with E-state index in [9.17, 15) is 14.4 Å². The number of carboxylic acids is 1. The Balaban J connectivity index is 4.18. The van der Waals surface area contributed by atoms with Crippen LogP contribution in [0.3, 0.4) is 0 Å². The Morgan fingerprint density at radius 2 is 1.50 bits per heavy atom. The van der Waals surface area contributed by atoms with Gasteiger partial charge in [0.2, 0.25) is 0 Å². The van der Waals surface area contributed by atoms with Gasteiger partial charge in [-0.25, -0.2) is 0 Å². The zero-order chi connectivity index (χ0) is 15.5. The van der Waals surface area contributed by atoms with E-state index in [1.807, 2.05) is 0 Å². The molecule has 0 bridgehead atoms. The lowest BCUT2D eigenvalue weighted by atomic mass is 10.4. The molecule has 6 nitrogen and oxygen atoms in total. The summed E-state index contributed by atoms with van der Waals surface area (Å²) in [4.78, 5) is 33.2. The number of ether oxygens (including phenoxy) is 2. The molecule has 0 aliphatic carbocycles. The average molecular weight is 306 g/mol. The molecule has 1 N–H and O–H groups in total. The number of methoxy groups -OCH3 is 1. The van der Waals surface area contributed by atoms with Gasteiger partial charge in [-0.05, 0) is 32.3 Å². The number of carbonyl (C=O) groups excluding carboxylic acids is 2. The standard InChI is InChI=1S/C13H23O6P/c1-10(2)19-13(17)6-9-20(7-4-11(14)15)8-5-12(16)18-3/h10H,4-9H2,1-3H3,(H,14,15). The van der Waals surface area contributed by atoms with Crippen LogP contribution in [-0.2, 0) is 23.9 Å². The normalized spacial score (nSPS) is 12.0. The molecular weight excluding hydrogens is 283 g/mol. The third kappa shape index (κ3) is 10.7. The van der Waals surface area contributed by atoms with Crippen molar-refractivity contribution < 1.29 is 29.0 Å². The van der Waals surface area contributed by atoms with E-state index < -0.39 is 13.9 Å². The van der Waals surface area contributed by atoms with Crippen LogP contribution in [0, 0.1) is 0 Å². The molecule has 0 aromatic rings. The number of carboxylic acid groups (broad SMARTS) is 1. The van der Waals surface area contributed by atoms with Crippen molar-refractivity contribution >= 4 is 25.8 Å². The summed E-state index contributed by atoms with van der Waals surface area (Å²) in [5.74, 6) is -1.45. The van der Waals surface area contributed by atoms with Crippen LogP contribution in [0.15, 0.2) is 0 Å². The lowest BCUT2D eigenvalue weighted by molar-refractivity contribution is -0.147. The maximum Gasteiger partial charge on any atom is 0.306 e. The Hall–Kier alpha value is -1.16. The molecule has 0 heterocycles. The fourth-order valence-corrected chi connectivity index (χ4v) is 3.69. The summed E-state index contributed by atoms with van der Waals surface area (Å²) < 4.78 is 9.60. The van der Waals surface area contributed by atoms with Gasteiger partial charge < -0.3 is 14.6 Å². The van der Waals surface area contributed by atoms with Crippen molar-refractivity contribution in [3.63, 3.8) is 0 Å². The first kappa shape index (κ1) is 18.8. The first-order valence-corrected chi connectivity index (χ1v) is 8.45. The second kappa shape index (κ2) is 10.6. The highest BCUT2D eigenvalue weighted by molar-refractivity contribution is 7.57. The first-order valence-electron chi connectivity index (χ1n) is 6.55. The molecule has 0 aliphatic heterocycles. The minimum atomic E-state index is -0.861. The van der Waals surface area contributed by atoms with E-state index in [4.69, 9.17) is 9.84 Å². The summed E-state index contributed by atoms with van der Waals surface area (Å²) in [6.07, 6.45) is 2.13. The maximum atomic E-state index is 11.5. The summed E-state index contributed by atoms with van der Waals surface area (Å²) in [6.45, 7) is 3.56. The monoisotopic (exact) mass is 306 g/mol. The van der Waals surface area contributed by atoms with Crippen molar-refractivity contribution in [2.75, 3.05) is 25.6 Å². The third-order valence-corrected chi connectivity index (χ3v) is 5.07. The second-order valence-corrected chi connectivity index (χ2v) is 7.28. The van der Waals surface area contributed by atoms with Crippen LogP contribution >= 0.6 is 7.92 Å². The Kier molecular flexibility index (Phi) is 9.99. The lowest BCUT2D eigenvalue weighted by Gasteiger charge is -2.16. The average Bonchev–Trinajstić information content (AvgIpc) is 2.36. The topological polar surface area (TPSA) is 89.9 Å². The van der Waals surface area contributed by atoms with Crippen LogP contribution < -0.4 is 0 Å². The van der Waals surface area contributed by atoms with Gasteiger partial charge in [-0.1, -0.05) is 0 Å². The quantitative estimate of drug-likeness (QED) is 0.489. The number of hydrogen-bond acceptors (Lipinski definition) is 5. The van der Waals surface area contributed by atoms with Crippen LogP contribution in [0.5, 0.6) is 0 Å². The molecule has 1 atom stereocenters. The minimum Gasteiger partial charge on any atom is -0.481 e. The highest BCUT2D eigenvalue weighted by atomic mass is 31.1. The molecule has 116 valence electrons. The van der Waals surface area contributed by atoms with E-state index in [2.05, 4.69) is 4.74 Å². The SMILES string of the molecule is COC(=O)CCP(CCC(=O)O)CCC(=O)OC(C)C. The van der Waals surface area contributed by atoms with E-state index in [0.717, 1.165) is 0 Å². The summed E-state index contributed by atoms with van der Waals surface area (Å²) in [7, 11) is 0.650. The van der Waals surface area contributed by atoms with Gasteiger partial charge in [0.25, 0.3) is 0 Å². The van der Waals surface area contributed by atoms with E-state index in [1.54, 1.807) is 13.8 Å². The largest absolute Gasteiger partial charge is 0.481 e. The number of esters is 2. The maximum absolute atomic E-state index is 11.5. The minimum absolute atomic E-state index is 0.0616. The zero-order valence-corrected chi connectivity index (χ0v) is 13.2. The molecule has 0 amide bonds.